The maximum Gasteiger partial charge on any atom is 0.419 e. The summed E-state index contributed by atoms with van der Waals surface area (Å²) < 4.78 is 39.4. The van der Waals surface area contributed by atoms with E-state index in [1.54, 1.807) is 23.4 Å². The number of hydrogen-bond donors (Lipinski definition) is 0. The van der Waals surface area contributed by atoms with E-state index in [0.717, 1.165) is 6.07 Å². The minimum Gasteiger partial charge on any atom is -0.354 e. The Balaban J connectivity index is 1.79. The van der Waals surface area contributed by atoms with E-state index >= 15 is 0 Å². The summed E-state index contributed by atoms with van der Waals surface area (Å²) in [5.74, 6) is 0.599. The lowest BCUT2D eigenvalue weighted by molar-refractivity contribution is -0.137. The molecule has 1 fully saturated rings. The lowest BCUT2D eigenvalue weighted by Gasteiger charge is -2.25. The third-order valence-electron chi connectivity index (χ3n) is 3.72. The van der Waals surface area contributed by atoms with Gasteiger partial charge in [0.25, 0.3) is 0 Å². The van der Waals surface area contributed by atoms with Crippen molar-refractivity contribution < 1.29 is 13.2 Å². The van der Waals surface area contributed by atoms with Crippen LogP contribution in [0.1, 0.15) is 12.0 Å². The first-order valence-electron chi connectivity index (χ1n) is 7.35. The zero-order valence-electron chi connectivity index (χ0n) is 12.4. The molecule has 5 nitrogen and oxygen atoms in total. The van der Waals surface area contributed by atoms with E-state index in [1.165, 1.54) is 12.3 Å². The molecule has 0 bridgehead atoms. The largest absolute Gasteiger partial charge is 0.419 e. The summed E-state index contributed by atoms with van der Waals surface area (Å²) in [5.41, 5.74) is -0.690. The first-order valence-corrected chi connectivity index (χ1v) is 7.35. The van der Waals surface area contributed by atoms with Gasteiger partial charge < -0.3 is 9.80 Å². The van der Waals surface area contributed by atoms with Crippen LogP contribution in [0.2, 0.25) is 0 Å². The van der Waals surface area contributed by atoms with Gasteiger partial charge in [-0.2, -0.15) is 13.2 Å². The van der Waals surface area contributed by atoms with Gasteiger partial charge in [-0.25, -0.2) is 15.0 Å². The highest BCUT2D eigenvalue weighted by atomic mass is 19.4. The van der Waals surface area contributed by atoms with E-state index in [9.17, 15) is 13.2 Å². The predicted octanol–water partition coefficient (Wildman–Crippen LogP) is 2.61. The first-order chi connectivity index (χ1) is 11.1. The van der Waals surface area contributed by atoms with Crippen molar-refractivity contribution in [2.45, 2.75) is 12.6 Å². The molecule has 2 aromatic rings. The lowest BCUT2D eigenvalue weighted by Crippen LogP contribution is -2.33. The van der Waals surface area contributed by atoms with Crippen LogP contribution in [-0.2, 0) is 6.18 Å². The molecule has 0 aromatic carbocycles. The highest BCUT2D eigenvalue weighted by molar-refractivity contribution is 5.49. The number of halogens is 3. The molecule has 1 saturated heterocycles. The highest BCUT2D eigenvalue weighted by Crippen LogP contribution is 2.35. The van der Waals surface area contributed by atoms with Gasteiger partial charge >= 0.3 is 6.18 Å². The van der Waals surface area contributed by atoms with Crippen LogP contribution in [0, 0.1) is 0 Å². The van der Waals surface area contributed by atoms with E-state index in [4.69, 9.17) is 0 Å². The normalized spacial score (nSPS) is 16.3. The van der Waals surface area contributed by atoms with Crippen molar-refractivity contribution in [1.82, 2.24) is 15.0 Å². The molecule has 2 aromatic heterocycles. The van der Waals surface area contributed by atoms with E-state index in [2.05, 4.69) is 15.0 Å². The summed E-state index contributed by atoms with van der Waals surface area (Å²) in [4.78, 5) is 16.0. The van der Waals surface area contributed by atoms with Crippen molar-refractivity contribution in [3.05, 3.63) is 42.4 Å². The van der Waals surface area contributed by atoms with Gasteiger partial charge in [0.1, 0.15) is 5.82 Å². The molecule has 0 atom stereocenters. The van der Waals surface area contributed by atoms with E-state index < -0.39 is 11.7 Å². The third-order valence-corrected chi connectivity index (χ3v) is 3.72. The summed E-state index contributed by atoms with van der Waals surface area (Å²) >= 11 is 0. The van der Waals surface area contributed by atoms with Gasteiger partial charge in [-0.3, -0.25) is 0 Å². The van der Waals surface area contributed by atoms with Crippen molar-refractivity contribution >= 4 is 11.8 Å². The van der Waals surface area contributed by atoms with Crippen LogP contribution in [0.25, 0.3) is 0 Å². The molecular formula is C15H16F3N5. The second-order valence-corrected chi connectivity index (χ2v) is 5.25. The Bertz CT molecular complexity index is 647. The fourth-order valence-electron chi connectivity index (χ4n) is 2.65. The molecule has 0 unspecified atom stereocenters. The molecule has 3 heterocycles. The van der Waals surface area contributed by atoms with Gasteiger partial charge in [-0.05, 0) is 24.6 Å². The van der Waals surface area contributed by atoms with Gasteiger partial charge in [0.05, 0.1) is 5.56 Å². The molecule has 23 heavy (non-hydrogen) atoms. The number of rotatable bonds is 2. The smallest absolute Gasteiger partial charge is 0.354 e. The summed E-state index contributed by atoms with van der Waals surface area (Å²) in [6.07, 6.45) is 1.02. The van der Waals surface area contributed by atoms with E-state index in [1.807, 2.05) is 4.90 Å². The van der Waals surface area contributed by atoms with Crippen molar-refractivity contribution in [1.29, 1.82) is 0 Å². The summed E-state index contributed by atoms with van der Waals surface area (Å²) in [5, 5.41) is 0. The van der Waals surface area contributed by atoms with Gasteiger partial charge in [0.15, 0.2) is 0 Å². The van der Waals surface area contributed by atoms with Crippen LogP contribution < -0.4 is 9.80 Å². The highest BCUT2D eigenvalue weighted by Gasteiger charge is 2.36. The average molecular weight is 323 g/mol. The Kier molecular flexibility index (Phi) is 4.31. The minimum absolute atomic E-state index is 0.00386. The zero-order valence-corrected chi connectivity index (χ0v) is 12.4. The van der Waals surface area contributed by atoms with Crippen molar-refractivity contribution in [3.8, 4) is 0 Å². The topological polar surface area (TPSA) is 45.2 Å². The van der Waals surface area contributed by atoms with E-state index in [0.29, 0.717) is 38.5 Å². The van der Waals surface area contributed by atoms with Crippen molar-refractivity contribution in [3.63, 3.8) is 0 Å². The van der Waals surface area contributed by atoms with Crippen LogP contribution >= 0.6 is 0 Å². The van der Waals surface area contributed by atoms with E-state index in [-0.39, 0.29) is 5.82 Å². The minimum atomic E-state index is -4.40. The summed E-state index contributed by atoms with van der Waals surface area (Å²) in [6, 6.07) is 4.12. The first kappa shape index (κ1) is 15.5. The molecule has 0 amide bonds. The Hall–Kier alpha value is -2.38. The third kappa shape index (κ3) is 3.52. The van der Waals surface area contributed by atoms with Crippen LogP contribution in [0.15, 0.2) is 36.8 Å². The standard InChI is InChI=1S/C15H16F3N5/c16-15(17,18)12-4-1-5-19-13(12)22-8-3-9-23(11-10-22)14-20-6-2-7-21-14/h1-2,4-7H,3,8-11H2. The molecule has 3 rings (SSSR count). The van der Waals surface area contributed by atoms with Gasteiger partial charge in [0, 0.05) is 44.8 Å². The molecule has 122 valence electrons. The predicted molar refractivity (Wildman–Crippen MR) is 80.3 cm³/mol. The maximum absolute atomic E-state index is 13.1. The molecule has 0 N–H and O–H groups in total. The second-order valence-electron chi connectivity index (χ2n) is 5.25. The fourth-order valence-corrected chi connectivity index (χ4v) is 2.65. The van der Waals surface area contributed by atoms with Crippen LogP contribution in [0.3, 0.4) is 0 Å². The molecule has 0 saturated carbocycles. The number of alkyl halides is 3. The molecular weight excluding hydrogens is 307 g/mol. The number of aromatic nitrogens is 3. The Labute approximate surface area is 131 Å². The SMILES string of the molecule is FC(F)(F)c1cccnc1N1CCCN(c2ncccn2)CC1. The maximum atomic E-state index is 13.1. The summed E-state index contributed by atoms with van der Waals surface area (Å²) in [7, 11) is 0. The quantitative estimate of drug-likeness (QED) is 0.850. The van der Waals surface area contributed by atoms with Crippen LogP contribution in [0.5, 0.6) is 0 Å². The van der Waals surface area contributed by atoms with Gasteiger partial charge in [-0.1, -0.05) is 0 Å². The summed E-state index contributed by atoms with van der Waals surface area (Å²) in [6.45, 7) is 2.22. The number of hydrogen-bond acceptors (Lipinski definition) is 5. The molecule has 0 radical (unpaired) electrons. The monoisotopic (exact) mass is 323 g/mol. The van der Waals surface area contributed by atoms with Gasteiger partial charge in [-0.15, -0.1) is 0 Å². The molecule has 8 heteroatoms. The molecule has 1 aliphatic rings. The number of anilines is 2. The van der Waals surface area contributed by atoms with Crippen molar-refractivity contribution in [2.24, 2.45) is 0 Å². The van der Waals surface area contributed by atoms with Crippen LogP contribution in [0.4, 0.5) is 24.9 Å². The van der Waals surface area contributed by atoms with Crippen LogP contribution in [-0.4, -0.2) is 41.1 Å². The fraction of sp³-hybridized carbons (Fsp3) is 0.400. The molecule has 0 spiro atoms. The lowest BCUT2D eigenvalue weighted by atomic mass is 10.2. The Morgan fingerprint density at radius 3 is 2.22 bits per heavy atom. The average Bonchev–Trinajstić information content (AvgIpc) is 2.81. The second kappa shape index (κ2) is 6.39. The zero-order chi connectivity index (χ0) is 16.3. The number of nitrogens with zero attached hydrogens (tertiary/aromatic N) is 5. The van der Waals surface area contributed by atoms with Gasteiger partial charge in [0.2, 0.25) is 5.95 Å². The van der Waals surface area contributed by atoms with Crippen molar-refractivity contribution in [2.75, 3.05) is 36.0 Å². The molecule has 0 aliphatic carbocycles. The number of pyridine rings is 1. The molecule has 1 aliphatic heterocycles. The Morgan fingerprint density at radius 2 is 1.48 bits per heavy atom. The Morgan fingerprint density at radius 1 is 0.826 bits per heavy atom.